The van der Waals surface area contributed by atoms with Crippen molar-refractivity contribution in [3.8, 4) is 0 Å². The van der Waals surface area contributed by atoms with Crippen molar-refractivity contribution in [2.24, 2.45) is 5.73 Å². The average Bonchev–Trinajstić information content (AvgIpc) is 3.00. The van der Waals surface area contributed by atoms with Crippen LogP contribution in [0.25, 0.3) is 10.9 Å². The van der Waals surface area contributed by atoms with Crippen LogP contribution in [0.1, 0.15) is 52.2 Å². The van der Waals surface area contributed by atoms with E-state index < -0.39 is 30.2 Å². The van der Waals surface area contributed by atoms with E-state index in [-0.39, 0.29) is 36.2 Å². The topological polar surface area (TPSA) is 220 Å². The Hall–Kier alpha value is -5.49. The first-order valence-electron chi connectivity index (χ1n) is 13.9. The third kappa shape index (κ3) is 12.4. The zero-order valence-corrected chi connectivity index (χ0v) is 25.1. The number of alkyl halides is 6. The lowest BCUT2D eigenvalue weighted by atomic mass is 9.90. The van der Waals surface area contributed by atoms with Crippen LogP contribution in [-0.2, 0) is 9.59 Å². The summed E-state index contributed by atoms with van der Waals surface area (Å²) in [7, 11) is 0. The number of amides is 1. The van der Waals surface area contributed by atoms with Crippen molar-refractivity contribution in [2.45, 2.75) is 57.0 Å². The Morgan fingerprint density at radius 2 is 1.44 bits per heavy atom. The van der Waals surface area contributed by atoms with E-state index in [1.165, 1.54) is 0 Å². The van der Waals surface area contributed by atoms with Gasteiger partial charge in [-0.15, -0.1) is 0 Å². The largest absolute Gasteiger partial charge is 0.490 e. The van der Waals surface area contributed by atoms with Gasteiger partial charge in [0.05, 0.1) is 12.1 Å². The molecule has 1 aliphatic rings. The van der Waals surface area contributed by atoms with Crippen molar-refractivity contribution in [1.82, 2.24) is 20.6 Å². The number of carbonyl (C=O) groups is 4. The van der Waals surface area contributed by atoms with E-state index in [4.69, 9.17) is 30.9 Å². The van der Waals surface area contributed by atoms with Gasteiger partial charge >= 0.3 is 24.3 Å². The molecular weight excluding hydrogens is 656 g/mol. The predicted molar refractivity (Wildman–Crippen MR) is 159 cm³/mol. The summed E-state index contributed by atoms with van der Waals surface area (Å²) >= 11 is 0. The van der Waals surface area contributed by atoms with Gasteiger partial charge < -0.3 is 31.9 Å². The van der Waals surface area contributed by atoms with E-state index in [1.54, 1.807) is 24.3 Å². The Labute approximate surface area is 268 Å². The first-order chi connectivity index (χ1) is 22.3. The monoisotopic (exact) mass is 687 g/mol. The summed E-state index contributed by atoms with van der Waals surface area (Å²) in [6, 6.07) is 14.6. The molecule has 260 valence electrons. The molecule has 2 atom stereocenters. The van der Waals surface area contributed by atoms with Crippen molar-refractivity contribution in [1.29, 1.82) is 5.41 Å². The molecular formula is C29H31F6N7O6. The number of carbonyl (C=O) groups excluding carboxylic acids is 2. The quantitative estimate of drug-likeness (QED) is 0.0814. The molecule has 0 aliphatic heterocycles. The highest BCUT2D eigenvalue weighted by atomic mass is 19.4. The number of carboxylic acids is 2. The van der Waals surface area contributed by atoms with Crippen LogP contribution in [0, 0.1) is 12.3 Å². The van der Waals surface area contributed by atoms with E-state index in [0.29, 0.717) is 16.9 Å². The molecule has 1 amide bonds. The van der Waals surface area contributed by atoms with Gasteiger partial charge in [-0.2, -0.15) is 26.3 Å². The molecule has 48 heavy (non-hydrogen) atoms. The number of fused-ring (bicyclic) bond motifs is 1. The number of nitrogens with two attached hydrogens (primary N) is 1. The number of aliphatic carboxylic acids is 2. The van der Waals surface area contributed by atoms with Gasteiger partial charge in [0.15, 0.2) is 11.7 Å². The first-order valence-corrected chi connectivity index (χ1v) is 13.9. The maximum absolute atomic E-state index is 12.9. The number of aryl methyl sites for hydroxylation is 1. The second-order valence-corrected chi connectivity index (χ2v) is 10.2. The van der Waals surface area contributed by atoms with Crippen LogP contribution in [0.3, 0.4) is 0 Å². The van der Waals surface area contributed by atoms with Gasteiger partial charge in [0.1, 0.15) is 5.82 Å². The number of halogens is 6. The van der Waals surface area contributed by atoms with Crippen molar-refractivity contribution in [3.63, 3.8) is 0 Å². The molecule has 0 spiro atoms. The minimum absolute atomic E-state index is 0.00756. The van der Waals surface area contributed by atoms with Crippen LogP contribution in [0.2, 0.25) is 0 Å². The molecule has 1 aliphatic carbocycles. The highest BCUT2D eigenvalue weighted by molar-refractivity contribution is 6.02. The average molecular weight is 688 g/mol. The van der Waals surface area contributed by atoms with Crippen LogP contribution in [-0.4, -0.2) is 80.8 Å². The lowest BCUT2D eigenvalue weighted by Crippen LogP contribution is -2.50. The minimum Gasteiger partial charge on any atom is -0.475 e. The van der Waals surface area contributed by atoms with Crippen LogP contribution in [0.4, 0.5) is 32.2 Å². The maximum atomic E-state index is 12.9. The number of aromatic nitrogens is 2. The molecule has 2 unspecified atom stereocenters. The van der Waals surface area contributed by atoms with Crippen LogP contribution in [0.15, 0.2) is 48.5 Å². The van der Waals surface area contributed by atoms with Gasteiger partial charge in [0.2, 0.25) is 5.82 Å². The van der Waals surface area contributed by atoms with E-state index in [1.807, 2.05) is 31.2 Å². The van der Waals surface area contributed by atoms with E-state index in [2.05, 4.69) is 25.9 Å². The second kappa shape index (κ2) is 16.9. The lowest BCUT2D eigenvalue weighted by Gasteiger charge is -2.33. The Morgan fingerprint density at radius 1 is 0.896 bits per heavy atom. The van der Waals surface area contributed by atoms with Gasteiger partial charge in [0, 0.05) is 23.0 Å². The number of Topliss-reactive ketones (excluding diaryl/α,β-unsaturated/α-hetero) is 1. The first kappa shape index (κ1) is 38.7. The van der Waals surface area contributed by atoms with Crippen molar-refractivity contribution in [3.05, 3.63) is 65.5 Å². The molecule has 1 saturated carbocycles. The molecule has 19 heteroatoms. The second-order valence-electron chi connectivity index (χ2n) is 10.2. The van der Waals surface area contributed by atoms with Crippen molar-refractivity contribution < 1.29 is 55.7 Å². The van der Waals surface area contributed by atoms with E-state index in [0.717, 1.165) is 36.6 Å². The summed E-state index contributed by atoms with van der Waals surface area (Å²) in [5.74, 6) is -5.74. The molecule has 4 rings (SSSR count). The molecule has 8 N–H and O–H groups in total. The smallest absolute Gasteiger partial charge is 0.475 e. The van der Waals surface area contributed by atoms with Gasteiger partial charge in [-0.3, -0.25) is 15.0 Å². The fourth-order valence-electron chi connectivity index (χ4n) is 4.27. The van der Waals surface area contributed by atoms with Gasteiger partial charge in [-0.1, -0.05) is 54.8 Å². The Bertz CT molecular complexity index is 1600. The number of nitrogens with one attached hydrogen (secondary N) is 4. The number of nitrogens with zero attached hydrogens (tertiary/aromatic N) is 2. The zero-order valence-electron chi connectivity index (χ0n) is 25.1. The molecule has 2 aromatic carbocycles. The number of ketones is 1. The summed E-state index contributed by atoms with van der Waals surface area (Å²) in [4.78, 5) is 52.0. The molecule has 0 bridgehead atoms. The summed E-state index contributed by atoms with van der Waals surface area (Å²) < 4.78 is 63.5. The van der Waals surface area contributed by atoms with Crippen molar-refractivity contribution in [2.75, 3.05) is 11.9 Å². The number of anilines is 1. The number of guanidine groups is 1. The van der Waals surface area contributed by atoms with Crippen LogP contribution >= 0.6 is 0 Å². The lowest BCUT2D eigenvalue weighted by molar-refractivity contribution is -0.193. The van der Waals surface area contributed by atoms with E-state index in [9.17, 15) is 35.9 Å². The molecule has 13 nitrogen and oxygen atoms in total. The van der Waals surface area contributed by atoms with Gasteiger partial charge in [-0.25, -0.2) is 19.6 Å². The Balaban J connectivity index is 0.000000479. The normalized spacial score (nSPS) is 15.8. The molecule has 1 aromatic heterocycles. The minimum atomic E-state index is -5.08. The predicted octanol–water partition coefficient (Wildman–Crippen LogP) is 4.02. The number of hydrogen-bond donors (Lipinski definition) is 7. The molecule has 1 fully saturated rings. The Morgan fingerprint density at radius 3 is 1.96 bits per heavy atom. The molecule has 0 radical (unpaired) electrons. The summed E-state index contributed by atoms with van der Waals surface area (Å²) in [6.45, 7) is 1.84. The third-order valence-corrected chi connectivity index (χ3v) is 6.47. The van der Waals surface area contributed by atoms with Gasteiger partial charge in [-0.05, 0) is 31.9 Å². The van der Waals surface area contributed by atoms with Crippen LogP contribution in [0.5, 0.6) is 0 Å². The highest BCUT2D eigenvalue weighted by Gasteiger charge is 2.39. The molecule has 0 saturated heterocycles. The maximum Gasteiger partial charge on any atom is 0.490 e. The van der Waals surface area contributed by atoms with Gasteiger partial charge in [0.25, 0.3) is 5.91 Å². The standard InChI is InChI=1S/C25H29N7O2.2C2HF3O2/c1-15-11-12-18-17(13-15)22(30-19-9-5-6-10-20(19)31-25(26)27)32-23(29-18)24(34)28-14-21(33)16-7-3-2-4-8-16;2*3-2(4,5)1(6)7/h2-4,7-8,11-13,19-20H,5-6,9-10,14H2,1H3,(H,28,34)(H4,26,27,31)(H,29,30,32);2*(H,6,7). The number of hydrogen-bond acceptors (Lipinski definition) is 8. The zero-order chi connectivity index (χ0) is 36.2. The number of benzene rings is 2. The summed E-state index contributed by atoms with van der Waals surface area (Å²) in [6.07, 6.45) is -6.30. The SMILES string of the molecule is Cc1ccc2nc(C(=O)NCC(=O)c3ccccc3)nc(NC3CCCCC3NC(=N)N)c2c1.O=C(O)C(F)(F)F.O=C(O)C(F)(F)F. The fourth-order valence-corrected chi connectivity index (χ4v) is 4.27. The molecule has 3 aromatic rings. The molecule has 1 heterocycles. The highest BCUT2D eigenvalue weighted by Crippen LogP contribution is 2.27. The fraction of sp³-hybridized carbons (Fsp3) is 0.345. The Kier molecular flexibility index (Phi) is 13.6. The summed E-state index contributed by atoms with van der Waals surface area (Å²) in [5.41, 5.74) is 7.80. The third-order valence-electron chi connectivity index (χ3n) is 6.47. The van der Waals surface area contributed by atoms with Crippen molar-refractivity contribution >= 4 is 46.3 Å². The number of rotatable bonds is 7. The summed E-state index contributed by atoms with van der Waals surface area (Å²) in [5, 5.41) is 31.8. The van der Waals surface area contributed by atoms with E-state index >= 15 is 0 Å². The number of carboxylic acid groups (broad SMARTS) is 2. The van der Waals surface area contributed by atoms with Crippen LogP contribution < -0.4 is 21.7 Å².